The molecule has 4 aliphatic rings. The van der Waals surface area contributed by atoms with Crippen molar-refractivity contribution in [3.63, 3.8) is 0 Å². The number of aliphatic carboxylic acids is 1. The van der Waals surface area contributed by atoms with Gasteiger partial charge in [-0.3, -0.25) is 4.79 Å². The Morgan fingerprint density at radius 3 is 2.05 bits per heavy atom. The van der Waals surface area contributed by atoms with Crippen LogP contribution in [0.25, 0.3) is 0 Å². The van der Waals surface area contributed by atoms with Gasteiger partial charge in [0, 0.05) is 13.6 Å². The lowest BCUT2D eigenvalue weighted by molar-refractivity contribution is -0.155. The topological polar surface area (TPSA) is 57.6 Å². The number of amides is 1. The zero-order valence-electron chi connectivity index (χ0n) is 11.5. The first-order chi connectivity index (χ1) is 9.04. The van der Waals surface area contributed by atoms with Crippen LogP contribution in [0.1, 0.15) is 38.5 Å². The molecule has 0 spiro atoms. The quantitative estimate of drug-likeness (QED) is 0.794. The van der Waals surface area contributed by atoms with Crippen LogP contribution in [0.2, 0.25) is 0 Å². The van der Waals surface area contributed by atoms with Gasteiger partial charge < -0.3 is 10.0 Å². The van der Waals surface area contributed by atoms with Crippen LogP contribution in [0.4, 0.5) is 0 Å². The molecule has 0 aromatic carbocycles. The molecule has 1 amide bonds. The Bertz CT molecular complexity index is 365. The fourth-order valence-electron chi connectivity index (χ4n) is 5.12. The highest BCUT2D eigenvalue weighted by atomic mass is 16.4. The Balaban J connectivity index is 1.56. The lowest BCUT2D eigenvalue weighted by Crippen LogP contribution is -2.46. The molecular formula is C15H23NO3. The molecule has 0 atom stereocenters. The van der Waals surface area contributed by atoms with E-state index in [4.69, 9.17) is 5.11 Å². The van der Waals surface area contributed by atoms with E-state index in [9.17, 15) is 9.59 Å². The van der Waals surface area contributed by atoms with Crippen molar-refractivity contribution >= 4 is 11.9 Å². The second kappa shape index (κ2) is 4.80. The third kappa shape index (κ3) is 2.37. The van der Waals surface area contributed by atoms with Crippen LogP contribution in [0.3, 0.4) is 0 Å². The highest BCUT2D eigenvalue weighted by Crippen LogP contribution is 2.57. The standard InChI is InChI=1S/C15H23NO3/c1-16(14(17)15(18)19)3-2-13-11-5-9-4-10(7-11)8-12(13)6-9/h9-13H,2-8H2,1H3,(H,18,19). The van der Waals surface area contributed by atoms with Crippen LogP contribution < -0.4 is 0 Å². The van der Waals surface area contributed by atoms with Gasteiger partial charge in [0.05, 0.1) is 0 Å². The summed E-state index contributed by atoms with van der Waals surface area (Å²) >= 11 is 0. The average Bonchev–Trinajstić information content (AvgIpc) is 2.35. The molecule has 0 saturated heterocycles. The van der Waals surface area contributed by atoms with Gasteiger partial charge in [0.15, 0.2) is 0 Å². The maximum Gasteiger partial charge on any atom is 0.394 e. The van der Waals surface area contributed by atoms with E-state index >= 15 is 0 Å². The molecule has 4 rings (SSSR count). The lowest BCUT2D eigenvalue weighted by Gasteiger charge is -2.54. The van der Waals surface area contributed by atoms with Gasteiger partial charge in [-0.25, -0.2) is 4.79 Å². The summed E-state index contributed by atoms with van der Waals surface area (Å²) in [4.78, 5) is 23.4. The van der Waals surface area contributed by atoms with Crippen LogP contribution >= 0.6 is 0 Å². The molecule has 0 aliphatic heterocycles. The highest BCUT2D eigenvalue weighted by Gasteiger charge is 2.47. The monoisotopic (exact) mass is 265 g/mol. The van der Waals surface area contributed by atoms with Crippen LogP contribution in [0.15, 0.2) is 0 Å². The van der Waals surface area contributed by atoms with Crippen LogP contribution in [0.5, 0.6) is 0 Å². The van der Waals surface area contributed by atoms with E-state index in [0.717, 1.165) is 36.0 Å². The van der Waals surface area contributed by atoms with Gasteiger partial charge in [0.1, 0.15) is 0 Å². The molecule has 4 fully saturated rings. The van der Waals surface area contributed by atoms with Crippen molar-refractivity contribution in [2.45, 2.75) is 38.5 Å². The fourth-order valence-corrected chi connectivity index (χ4v) is 5.12. The molecule has 106 valence electrons. The number of carboxylic acid groups (broad SMARTS) is 1. The predicted octanol–water partition coefficient (Wildman–Crippen LogP) is 1.99. The van der Waals surface area contributed by atoms with E-state index in [-0.39, 0.29) is 0 Å². The van der Waals surface area contributed by atoms with Crippen LogP contribution in [-0.4, -0.2) is 35.5 Å². The van der Waals surface area contributed by atoms with Gasteiger partial charge in [-0.15, -0.1) is 0 Å². The minimum absolute atomic E-state index is 0.595. The maximum atomic E-state index is 11.3. The van der Waals surface area contributed by atoms with E-state index in [1.54, 1.807) is 7.05 Å². The smallest absolute Gasteiger partial charge is 0.394 e. The molecule has 0 unspecified atom stereocenters. The predicted molar refractivity (Wildman–Crippen MR) is 70.4 cm³/mol. The molecule has 4 aliphatic carbocycles. The summed E-state index contributed by atoms with van der Waals surface area (Å²) in [6.07, 6.45) is 7.98. The summed E-state index contributed by atoms with van der Waals surface area (Å²) in [5, 5.41) is 8.70. The number of likely N-dealkylation sites (N-methyl/N-ethyl adjacent to an activating group) is 1. The van der Waals surface area contributed by atoms with E-state index in [0.29, 0.717) is 6.54 Å². The molecule has 4 saturated carbocycles. The van der Waals surface area contributed by atoms with Gasteiger partial charge in [0.2, 0.25) is 0 Å². The van der Waals surface area contributed by atoms with Crippen LogP contribution in [-0.2, 0) is 9.59 Å². The summed E-state index contributed by atoms with van der Waals surface area (Å²) in [6, 6.07) is 0. The maximum absolute atomic E-state index is 11.3. The lowest BCUT2D eigenvalue weighted by atomic mass is 9.51. The first-order valence-corrected chi connectivity index (χ1v) is 7.53. The molecule has 0 heterocycles. The highest BCUT2D eigenvalue weighted by molar-refractivity contribution is 6.31. The van der Waals surface area contributed by atoms with E-state index in [1.165, 1.54) is 37.0 Å². The van der Waals surface area contributed by atoms with Gasteiger partial charge in [-0.05, 0) is 68.1 Å². The number of carbonyl (C=O) groups is 2. The van der Waals surface area contributed by atoms with Crippen molar-refractivity contribution in [2.24, 2.45) is 29.6 Å². The van der Waals surface area contributed by atoms with E-state index < -0.39 is 11.9 Å². The Kier molecular flexibility index (Phi) is 3.27. The minimum Gasteiger partial charge on any atom is -0.474 e. The van der Waals surface area contributed by atoms with Gasteiger partial charge in [-0.2, -0.15) is 0 Å². The number of carbonyl (C=O) groups excluding carboxylic acids is 1. The number of nitrogens with zero attached hydrogens (tertiary/aromatic N) is 1. The number of hydrogen-bond donors (Lipinski definition) is 1. The summed E-state index contributed by atoms with van der Waals surface area (Å²) in [7, 11) is 1.60. The van der Waals surface area contributed by atoms with Crippen LogP contribution in [0, 0.1) is 29.6 Å². The number of hydrogen-bond acceptors (Lipinski definition) is 2. The second-order valence-electron chi connectivity index (χ2n) is 6.92. The molecule has 4 nitrogen and oxygen atoms in total. The van der Waals surface area contributed by atoms with E-state index in [1.807, 2.05) is 0 Å². The molecule has 4 heteroatoms. The Hall–Kier alpha value is -1.06. The van der Waals surface area contributed by atoms with Crippen molar-refractivity contribution in [1.82, 2.24) is 4.90 Å². The third-order valence-electron chi connectivity index (χ3n) is 5.75. The molecule has 0 aromatic rings. The largest absolute Gasteiger partial charge is 0.474 e. The first kappa shape index (κ1) is 12.9. The third-order valence-corrected chi connectivity index (χ3v) is 5.75. The molecule has 0 aromatic heterocycles. The SMILES string of the molecule is CN(CCC1C2CC3CC(C2)CC1C3)C(=O)C(=O)O. The second-order valence-corrected chi connectivity index (χ2v) is 6.92. The Labute approximate surface area is 114 Å². The van der Waals surface area contributed by atoms with Gasteiger partial charge in [-0.1, -0.05) is 0 Å². The van der Waals surface area contributed by atoms with Crippen molar-refractivity contribution < 1.29 is 14.7 Å². The Morgan fingerprint density at radius 2 is 1.58 bits per heavy atom. The number of rotatable bonds is 3. The van der Waals surface area contributed by atoms with Crippen molar-refractivity contribution in [1.29, 1.82) is 0 Å². The molecule has 0 radical (unpaired) electrons. The molecule has 19 heavy (non-hydrogen) atoms. The van der Waals surface area contributed by atoms with E-state index in [2.05, 4.69) is 0 Å². The minimum atomic E-state index is -1.34. The van der Waals surface area contributed by atoms with Crippen molar-refractivity contribution in [2.75, 3.05) is 13.6 Å². The zero-order chi connectivity index (χ0) is 13.6. The first-order valence-electron chi connectivity index (χ1n) is 7.53. The zero-order valence-corrected chi connectivity index (χ0v) is 11.5. The van der Waals surface area contributed by atoms with Crippen molar-refractivity contribution in [3.8, 4) is 0 Å². The fraction of sp³-hybridized carbons (Fsp3) is 0.867. The summed E-state index contributed by atoms with van der Waals surface area (Å²) in [6.45, 7) is 0.595. The average molecular weight is 265 g/mol. The molecular weight excluding hydrogens is 242 g/mol. The summed E-state index contributed by atoms with van der Waals surface area (Å²) in [5.74, 6) is 2.26. The van der Waals surface area contributed by atoms with Gasteiger partial charge in [0.25, 0.3) is 0 Å². The summed E-state index contributed by atoms with van der Waals surface area (Å²) < 4.78 is 0. The van der Waals surface area contributed by atoms with Crippen molar-refractivity contribution in [3.05, 3.63) is 0 Å². The number of carboxylic acids is 1. The van der Waals surface area contributed by atoms with Gasteiger partial charge >= 0.3 is 11.9 Å². The summed E-state index contributed by atoms with van der Waals surface area (Å²) in [5.41, 5.74) is 0. The Morgan fingerprint density at radius 1 is 1.05 bits per heavy atom. The molecule has 4 bridgehead atoms. The normalized spacial score (nSPS) is 39.3. The molecule has 1 N–H and O–H groups in total.